The zero-order valence-corrected chi connectivity index (χ0v) is 11.1. The highest BCUT2D eigenvalue weighted by molar-refractivity contribution is 7.10. The van der Waals surface area contributed by atoms with Gasteiger partial charge < -0.3 is 5.32 Å². The van der Waals surface area contributed by atoms with Crippen molar-refractivity contribution in [2.45, 2.75) is 32.7 Å². The quantitative estimate of drug-likeness (QED) is 0.882. The maximum absolute atomic E-state index is 4.45. The van der Waals surface area contributed by atoms with E-state index in [1.54, 1.807) is 11.3 Å². The Labute approximate surface area is 104 Å². The lowest BCUT2D eigenvalue weighted by Gasteiger charge is -2.09. The molecule has 0 fully saturated rings. The molecule has 0 spiro atoms. The molecular formula is C11H15N3S2. The number of hydrogen-bond donors (Lipinski definition) is 1. The monoisotopic (exact) mass is 253 g/mol. The van der Waals surface area contributed by atoms with Crippen molar-refractivity contribution < 1.29 is 0 Å². The molecule has 86 valence electrons. The van der Waals surface area contributed by atoms with E-state index in [1.807, 2.05) is 0 Å². The van der Waals surface area contributed by atoms with E-state index in [4.69, 9.17) is 0 Å². The number of thiophene rings is 1. The van der Waals surface area contributed by atoms with Crippen LogP contribution in [-0.4, -0.2) is 9.36 Å². The summed E-state index contributed by atoms with van der Waals surface area (Å²) < 4.78 is 4.31. The summed E-state index contributed by atoms with van der Waals surface area (Å²) in [4.78, 5) is 5.78. The molecule has 0 aliphatic carbocycles. The molecule has 0 saturated heterocycles. The van der Waals surface area contributed by atoms with Crippen LogP contribution in [0.25, 0.3) is 0 Å². The van der Waals surface area contributed by atoms with Crippen LogP contribution in [0.15, 0.2) is 17.5 Å². The van der Waals surface area contributed by atoms with E-state index in [0.29, 0.717) is 6.04 Å². The van der Waals surface area contributed by atoms with Crippen LogP contribution in [0.4, 0.5) is 5.13 Å². The number of hydrogen-bond acceptors (Lipinski definition) is 5. The van der Waals surface area contributed by atoms with Crippen LogP contribution >= 0.6 is 22.9 Å². The second-order valence-corrected chi connectivity index (χ2v) is 5.38. The number of rotatable bonds is 5. The van der Waals surface area contributed by atoms with Gasteiger partial charge in [0.15, 0.2) is 0 Å². The first kappa shape index (κ1) is 11.5. The number of aryl methyl sites for hydroxylation is 1. The normalized spacial score (nSPS) is 12.6. The number of nitrogens with one attached hydrogen (secondary N) is 1. The molecule has 0 aliphatic rings. The van der Waals surface area contributed by atoms with Crippen molar-refractivity contribution in [1.29, 1.82) is 0 Å². The van der Waals surface area contributed by atoms with Gasteiger partial charge in [-0.25, -0.2) is 4.98 Å². The topological polar surface area (TPSA) is 37.8 Å². The fraction of sp³-hybridized carbons (Fsp3) is 0.455. The Morgan fingerprint density at radius 3 is 3.06 bits per heavy atom. The molecule has 1 unspecified atom stereocenters. The molecule has 5 heteroatoms. The van der Waals surface area contributed by atoms with Gasteiger partial charge in [0.1, 0.15) is 5.82 Å². The maximum Gasteiger partial charge on any atom is 0.203 e. The van der Waals surface area contributed by atoms with Crippen LogP contribution in [-0.2, 0) is 6.42 Å². The van der Waals surface area contributed by atoms with Gasteiger partial charge in [-0.05, 0) is 24.8 Å². The smallest absolute Gasteiger partial charge is 0.203 e. The molecule has 1 atom stereocenters. The third-order valence-corrected chi connectivity index (χ3v) is 3.99. The maximum atomic E-state index is 4.45. The van der Waals surface area contributed by atoms with Crippen LogP contribution in [0.3, 0.4) is 0 Å². The first-order valence-electron chi connectivity index (χ1n) is 5.42. The summed E-state index contributed by atoms with van der Waals surface area (Å²) in [5.41, 5.74) is 0. The average Bonchev–Trinajstić information content (AvgIpc) is 2.89. The minimum absolute atomic E-state index is 0.308. The fourth-order valence-corrected chi connectivity index (χ4v) is 2.87. The van der Waals surface area contributed by atoms with Crippen molar-refractivity contribution >= 4 is 28.0 Å². The minimum Gasteiger partial charge on any atom is -0.353 e. The Hall–Kier alpha value is -0.940. The summed E-state index contributed by atoms with van der Waals surface area (Å²) in [6, 6.07) is 4.51. The highest BCUT2D eigenvalue weighted by Crippen LogP contribution is 2.23. The van der Waals surface area contributed by atoms with E-state index in [-0.39, 0.29) is 0 Å². The standard InChI is InChI=1S/C11H15N3S2/c1-3-5-10-13-11(16-14-10)12-8(2)9-6-4-7-15-9/h4,6-8H,3,5H2,1-2H3,(H,12,13,14). The molecule has 0 amide bonds. The number of anilines is 1. The molecule has 2 aromatic heterocycles. The SMILES string of the molecule is CCCc1nsc(NC(C)c2cccs2)n1. The van der Waals surface area contributed by atoms with E-state index >= 15 is 0 Å². The van der Waals surface area contributed by atoms with Gasteiger partial charge in [-0.3, -0.25) is 0 Å². The number of nitrogens with zero attached hydrogens (tertiary/aromatic N) is 2. The molecule has 0 aliphatic heterocycles. The lowest BCUT2D eigenvalue weighted by atomic mass is 10.3. The van der Waals surface area contributed by atoms with Gasteiger partial charge in [-0.1, -0.05) is 13.0 Å². The zero-order valence-electron chi connectivity index (χ0n) is 9.43. The van der Waals surface area contributed by atoms with Crippen LogP contribution in [0, 0.1) is 0 Å². The second kappa shape index (κ2) is 5.41. The van der Waals surface area contributed by atoms with E-state index in [2.05, 4.69) is 46.0 Å². The number of aromatic nitrogens is 2. The van der Waals surface area contributed by atoms with Gasteiger partial charge in [0.25, 0.3) is 0 Å². The summed E-state index contributed by atoms with van der Waals surface area (Å²) in [6.07, 6.45) is 2.06. The molecular weight excluding hydrogens is 238 g/mol. The molecule has 1 N–H and O–H groups in total. The molecule has 16 heavy (non-hydrogen) atoms. The molecule has 0 radical (unpaired) electrons. The van der Waals surface area contributed by atoms with Crippen molar-refractivity contribution in [3.8, 4) is 0 Å². The van der Waals surface area contributed by atoms with Gasteiger partial charge in [0.2, 0.25) is 5.13 Å². The minimum atomic E-state index is 0.308. The third kappa shape index (κ3) is 2.80. The van der Waals surface area contributed by atoms with Crippen molar-refractivity contribution in [3.63, 3.8) is 0 Å². The summed E-state index contributed by atoms with van der Waals surface area (Å²) in [5.74, 6) is 0.952. The van der Waals surface area contributed by atoms with Crippen molar-refractivity contribution in [2.75, 3.05) is 5.32 Å². The molecule has 2 heterocycles. The van der Waals surface area contributed by atoms with E-state index < -0.39 is 0 Å². The molecule has 3 nitrogen and oxygen atoms in total. The Balaban J connectivity index is 1.98. The predicted octanol–water partition coefficient (Wildman–Crippen LogP) is 3.73. The second-order valence-electron chi connectivity index (χ2n) is 3.65. The zero-order chi connectivity index (χ0) is 11.4. The lowest BCUT2D eigenvalue weighted by Crippen LogP contribution is -2.04. The van der Waals surface area contributed by atoms with Crippen LogP contribution < -0.4 is 5.32 Å². The fourth-order valence-electron chi connectivity index (χ4n) is 1.43. The Bertz CT molecular complexity index is 422. The third-order valence-electron chi connectivity index (χ3n) is 2.25. The molecule has 2 aromatic rings. The van der Waals surface area contributed by atoms with E-state index in [1.165, 1.54) is 16.4 Å². The van der Waals surface area contributed by atoms with Gasteiger partial charge in [0, 0.05) is 22.8 Å². The van der Waals surface area contributed by atoms with Crippen molar-refractivity contribution in [2.24, 2.45) is 0 Å². The lowest BCUT2D eigenvalue weighted by molar-refractivity contribution is 0.852. The predicted molar refractivity (Wildman–Crippen MR) is 70.3 cm³/mol. The van der Waals surface area contributed by atoms with Gasteiger partial charge in [0.05, 0.1) is 6.04 Å². The Morgan fingerprint density at radius 1 is 1.50 bits per heavy atom. The summed E-state index contributed by atoms with van der Waals surface area (Å²) in [7, 11) is 0. The van der Waals surface area contributed by atoms with Gasteiger partial charge in [-0.2, -0.15) is 4.37 Å². The van der Waals surface area contributed by atoms with E-state index in [9.17, 15) is 0 Å². The van der Waals surface area contributed by atoms with Crippen LogP contribution in [0.5, 0.6) is 0 Å². The van der Waals surface area contributed by atoms with E-state index in [0.717, 1.165) is 23.8 Å². The highest BCUT2D eigenvalue weighted by Gasteiger charge is 2.09. The molecule has 0 aromatic carbocycles. The Kier molecular flexibility index (Phi) is 3.90. The summed E-state index contributed by atoms with van der Waals surface area (Å²) in [5, 5.41) is 6.39. The Morgan fingerprint density at radius 2 is 2.38 bits per heavy atom. The molecule has 0 bridgehead atoms. The highest BCUT2D eigenvalue weighted by atomic mass is 32.1. The van der Waals surface area contributed by atoms with Crippen LogP contribution in [0.2, 0.25) is 0 Å². The molecule has 0 saturated carbocycles. The van der Waals surface area contributed by atoms with Gasteiger partial charge >= 0.3 is 0 Å². The summed E-state index contributed by atoms with van der Waals surface area (Å²) >= 11 is 3.21. The van der Waals surface area contributed by atoms with Crippen LogP contribution in [0.1, 0.15) is 37.0 Å². The first-order chi connectivity index (χ1) is 7.79. The first-order valence-corrected chi connectivity index (χ1v) is 7.07. The largest absolute Gasteiger partial charge is 0.353 e. The van der Waals surface area contributed by atoms with Crippen molar-refractivity contribution in [1.82, 2.24) is 9.36 Å². The average molecular weight is 253 g/mol. The van der Waals surface area contributed by atoms with Gasteiger partial charge in [-0.15, -0.1) is 11.3 Å². The summed E-state index contributed by atoms with van der Waals surface area (Å²) in [6.45, 7) is 4.29. The molecule has 2 rings (SSSR count). The van der Waals surface area contributed by atoms with Crippen molar-refractivity contribution in [3.05, 3.63) is 28.2 Å².